The van der Waals surface area contributed by atoms with Crippen LogP contribution < -0.4 is 4.74 Å². The predicted octanol–water partition coefficient (Wildman–Crippen LogP) is 1.41. The molecule has 0 saturated carbocycles. The number of ether oxygens (including phenoxy) is 1. The molecule has 0 unspecified atom stereocenters. The molecule has 4 rings (SSSR count). The number of aromatic nitrogens is 6. The Morgan fingerprint density at radius 3 is 2.58 bits per heavy atom. The number of carbonyl (C=O) groups excluding carboxylic acids is 1. The standard InChI is InChI=1S/C16H17N7O2S/c1-22-9-12(8-19-22)11-6-17-16(18-7-11)25-13-2-4-23(5-3-13)15(24)14-10-26-21-20-14/h6-10,13H,2-5H2,1H3. The van der Waals surface area contributed by atoms with E-state index >= 15 is 0 Å². The molecule has 1 fully saturated rings. The van der Waals surface area contributed by atoms with Gasteiger partial charge in [0.05, 0.1) is 6.20 Å². The largest absolute Gasteiger partial charge is 0.460 e. The normalized spacial score (nSPS) is 15.2. The number of amides is 1. The molecule has 10 heteroatoms. The van der Waals surface area contributed by atoms with Crippen LogP contribution in [-0.2, 0) is 7.05 Å². The van der Waals surface area contributed by atoms with E-state index in [0.717, 1.165) is 24.0 Å². The van der Waals surface area contributed by atoms with Crippen molar-refractivity contribution in [2.75, 3.05) is 13.1 Å². The molecule has 4 heterocycles. The van der Waals surface area contributed by atoms with Gasteiger partial charge in [0.2, 0.25) is 0 Å². The maximum Gasteiger partial charge on any atom is 0.316 e. The van der Waals surface area contributed by atoms with E-state index in [1.165, 1.54) is 11.5 Å². The van der Waals surface area contributed by atoms with Crippen LogP contribution in [0.2, 0.25) is 0 Å². The Balaban J connectivity index is 1.32. The van der Waals surface area contributed by atoms with Crippen molar-refractivity contribution in [2.24, 2.45) is 7.05 Å². The van der Waals surface area contributed by atoms with Gasteiger partial charge in [0, 0.05) is 68.1 Å². The summed E-state index contributed by atoms with van der Waals surface area (Å²) < 4.78 is 11.3. The molecule has 0 aliphatic carbocycles. The lowest BCUT2D eigenvalue weighted by Gasteiger charge is -2.31. The zero-order valence-electron chi connectivity index (χ0n) is 14.1. The Kier molecular flexibility index (Phi) is 4.57. The topological polar surface area (TPSA) is 98.9 Å². The molecular weight excluding hydrogens is 354 g/mol. The van der Waals surface area contributed by atoms with E-state index in [2.05, 4.69) is 24.7 Å². The highest BCUT2D eigenvalue weighted by Gasteiger charge is 2.26. The molecule has 3 aromatic rings. The van der Waals surface area contributed by atoms with Crippen LogP contribution >= 0.6 is 11.5 Å². The summed E-state index contributed by atoms with van der Waals surface area (Å²) in [4.78, 5) is 22.6. The van der Waals surface area contributed by atoms with Gasteiger partial charge < -0.3 is 9.64 Å². The summed E-state index contributed by atoms with van der Waals surface area (Å²) >= 11 is 1.18. The lowest BCUT2D eigenvalue weighted by molar-refractivity contribution is 0.0573. The molecule has 3 aromatic heterocycles. The zero-order chi connectivity index (χ0) is 17.9. The predicted molar refractivity (Wildman–Crippen MR) is 93.7 cm³/mol. The van der Waals surface area contributed by atoms with Crippen LogP contribution in [0.1, 0.15) is 23.3 Å². The van der Waals surface area contributed by atoms with Crippen molar-refractivity contribution in [1.29, 1.82) is 0 Å². The van der Waals surface area contributed by atoms with E-state index in [0.29, 0.717) is 24.8 Å². The van der Waals surface area contributed by atoms with E-state index in [1.54, 1.807) is 33.6 Å². The molecule has 0 radical (unpaired) electrons. The summed E-state index contributed by atoms with van der Waals surface area (Å²) in [6.45, 7) is 1.24. The Morgan fingerprint density at radius 1 is 1.19 bits per heavy atom. The molecule has 134 valence electrons. The summed E-state index contributed by atoms with van der Waals surface area (Å²) in [5.41, 5.74) is 2.26. The molecular formula is C16H17N7O2S. The van der Waals surface area contributed by atoms with Gasteiger partial charge in [-0.05, 0) is 11.5 Å². The fraction of sp³-hybridized carbons (Fsp3) is 0.375. The minimum atomic E-state index is -0.0747. The summed E-state index contributed by atoms with van der Waals surface area (Å²) in [7, 11) is 1.86. The summed E-state index contributed by atoms with van der Waals surface area (Å²) in [6.07, 6.45) is 8.60. The molecule has 0 bridgehead atoms. The van der Waals surface area contributed by atoms with Crippen molar-refractivity contribution in [3.8, 4) is 17.1 Å². The number of nitrogens with zero attached hydrogens (tertiary/aromatic N) is 7. The highest BCUT2D eigenvalue weighted by Crippen LogP contribution is 2.20. The number of piperidine rings is 1. The molecule has 1 aliphatic rings. The first-order valence-corrected chi connectivity index (χ1v) is 9.07. The first-order valence-electron chi connectivity index (χ1n) is 8.23. The fourth-order valence-electron chi connectivity index (χ4n) is 2.84. The number of likely N-dealkylation sites (tertiary alicyclic amines) is 1. The SMILES string of the molecule is Cn1cc(-c2cnc(OC3CCN(C(=O)c4csnn4)CC3)nc2)cn1. The Labute approximate surface area is 153 Å². The van der Waals surface area contributed by atoms with Gasteiger partial charge in [-0.25, -0.2) is 9.97 Å². The Bertz CT molecular complexity index is 870. The van der Waals surface area contributed by atoms with Gasteiger partial charge in [0.25, 0.3) is 5.91 Å². The molecule has 0 aromatic carbocycles. The second-order valence-corrected chi connectivity index (χ2v) is 6.67. The number of aryl methyl sites for hydroxylation is 1. The van der Waals surface area contributed by atoms with Crippen molar-refractivity contribution in [1.82, 2.24) is 34.2 Å². The van der Waals surface area contributed by atoms with Crippen LogP contribution in [0.3, 0.4) is 0 Å². The van der Waals surface area contributed by atoms with Gasteiger partial charge in [-0.1, -0.05) is 4.49 Å². The first-order chi connectivity index (χ1) is 12.7. The maximum absolute atomic E-state index is 12.3. The van der Waals surface area contributed by atoms with Crippen LogP contribution in [0.25, 0.3) is 11.1 Å². The van der Waals surface area contributed by atoms with Crippen molar-refractivity contribution >= 4 is 17.4 Å². The molecule has 26 heavy (non-hydrogen) atoms. The van der Waals surface area contributed by atoms with Crippen LogP contribution in [0.4, 0.5) is 0 Å². The average molecular weight is 371 g/mol. The van der Waals surface area contributed by atoms with Crippen molar-refractivity contribution in [3.05, 3.63) is 35.9 Å². The monoisotopic (exact) mass is 371 g/mol. The Hall–Kier alpha value is -2.88. The summed E-state index contributed by atoms with van der Waals surface area (Å²) in [6, 6.07) is 0.353. The van der Waals surface area contributed by atoms with Crippen LogP contribution in [0.15, 0.2) is 30.2 Å². The Morgan fingerprint density at radius 2 is 1.96 bits per heavy atom. The van der Waals surface area contributed by atoms with E-state index in [4.69, 9.17) is 4.74 Å². The third-order valence-corrected chi connectivity index (χ3v) is 4.75. The van der Waals surface area contributed by atoms with Crippen LogP contribution in [0, 0.1) is 0 Å². The lowest BCUT2D eigenvalue weighted by Crippen LogP contribution is -2.42. The smallest absolute Gasteiger partial charge is 0.316 e. The number of hydrogen-bond donors (Lipinski definition) is 0. The second kappa shape index (κ2) is 7.16. The number of carbonyl (C=O) groups is 1. The van der Waals surface area contributed by atoms with E-state index in [1.807, 2.05) is 13.2 Å². The quantitative estimate of drug-likeness (QED) is 0.684. The lowest BCUT2D eigenvalue weighted by atomic mass is 10.1. The fourth-order valence-corrected chi connectivity index (χ4v) is 3.27. The van der Waals surface area contributed by atoms with Gasteiger partial charge in [-0.3, -0.25) is 9.48 Å². The molecule has 1 aliphatic heterocycles. The molecule has 1 saturated heterocycles. The minimum absolute atomic E-state index is 0.00292. The van der Waals surface area contributed by atoms with Gasteiger partial charge >= 0.3 is 6.01 Å². The third-order valence-electron chi connectivity index (χ3n) is 4.25. The van der Waals surface area contributed by atoms with Crippen molar-refractivity contribution in [3.63, 3.8) is 0 Å². The zero-order valence-corrected chi connectivity index (χ0v) is 15.0. The summed E-state index contributed by atoms with van der Waals surface area (Å²) in [5, 5.41) is 9.64. The van der Waals surface area contributed by atoms with Gasteiger partial charge in [-0.2, -0.15) is 5.10 Å². The minimum Gasteiger partial charge on any atom is -0.460 e. The van der Waals surface area contributed by atoms with E-state index in [-0.39, 0.29) is 12.0 Å². The maximum atomic E-state index is 12.3. The average Bonchev–Trinajstić information content (AvgIpc) is 3.34. The van der Waals surface area contributed by atoms with E-state index < -0.39 is 0 Å². The van der Waals surface area contributed by atoms with Gasteiger partial charge in [0.15, 0.2) is 5.69 Å². The second-order valence-electron chi connectivity index (χ2n) is 6.06. The molecule has 1 amide bonds. The molecule has 0 atom stereocenters. The van der Waals surface area contributed by atoms with Gasteiger partial charge in [-0.15, -0.1) is 5.10 Å². The van der Waals surface area contributed by atoms with Crippen molar-refractivity contribution in [2.45, 2.75) is 18.9 Å². The third kappa shape index (κ3) is 3.54. The highest BCUT2D eigenvalue weighted by molar-refractivity contribution is 7.03. The van der Waals surface area contributed by atoms with Crippen molar-refractivity contribution < 1.29 is 9.53 Å². The molecule has 9 nitrogen and oxygen atoms in total. The molecule has 0 spiro atoms. The van der Waals surface area contributed by atoms with Gasteiger partial charge in [0.1, 0.15) is 6.10 Å². The van der Waals surface area contributed by atoms with Crippen LogP contribution in [-0.4, -0.2) is 59.3 Å². The number of hydrogen-bond acceptors (Lipinski definition) is 8. The van der Waals surface area contributed by atoms with E-state index in [9.17, 15) is 4.79 Å². The number of rotatable bonds is 4. The summed E-state index contributed by atoms with van der Waals surface area (Å²) in [5.74, 6) is -0.0747. The highest BCUT2D eigenvalue weighted by atomic mass is 32.1. The first kappa shape index (κ1) is 16.6. The molecule has 0 N–H and O–H groups in total. The van der Waals surface area contributed by atoms with Crippen LogP contribution in [0.5, 0.6) is 6.01 Å².